The van der Waals surface area contributed by atoms with Crippen LogP contribution in [0.4, 0.5) is 17.3 Å². The van der Waals surface area contributed by atoms with Crippen LogP contribution >= 0.6 is 0 Å². The van der Waals surface area contributed by atoms with Crippen molar-refractivity contribution in [2.24, 2.45) is 0 Å². The smallest absolute Gasteiger partial charge is 0.132 e. The van der Waals surface area contributed by atoms with Crippen LogP contribution in [-0.2, 0) is 19.3 Å². The first kappa shape index (κ1) is 20.0. The van der Waals surface area contributed by atoms with E-state index in [1.807, 2.05) is 12.3 Å². The third-order valence-corrected chi connectivity index (χ3v) is 6.21. The molecule has 1 aliphatic carbocycles. The monoisotopic (exact) mass is 417 g/mol. The number of imidazole rings is 1. The number of aromatic nitrogens is 4. The molecule has 1 saturated heterocycles. The fourth-order valence-corrected chi connectivity index (χ4v) is 4.68. The lowest BCUT2D eigenvalue weighted by Gasteiger charge is -2.29. The molecule has 31 heavy (non-hydrogen) atoms. The van der Waals surface area contributed by atoms with Crippen LogP contribution in [0.1, 0.15) is 43.9 Å². The number of hydrogen-bond acceptors (Lipinski definition) is 6. The Bertz CT molecular complexity index is 1060. The predicted octanol–water partition coefficient (Wildman–Crippen LogP) is 3.74. The van der Waals surface area contributed by atoms with Gasteiger partial charge in [-0.3, -0.25) is 0 Å². The zero-order valence-corrected chi connectivity index (χ0v) is 18.6. The van der Waals surface area contributed by atoms with Gasteiger partial charge in [0.15, 0.2) is 0 Å². The fourth-order valence-electron chi connectivity index (χ4n) is 4.68. The molecule has 1 fully saturated rings. The van der Waals surface area contributed by atoms with Gasteiger partial charge in [-0.15, -0.1) is 0 Å². The van der Waals surface area contributed by atoms with Gasteiger partial charge < -0.3 is 20.1 Å². The van der Waals surface area contributed by atoms with E-state index in [9.17, 15) is 0 Å². The van der Waals surface area contributed by atoms with Gasteiger partial charge in [0.25, 0.3) is 0 Å². The number of anilines is 3. The molecule has 0 unspecified atom stereocenters. The lowest BCUT2D eigenvalue weighted by molar-refractivity contribution is 0.575. The average molecular weight is 418 g/mol. The fraction of sp³-hybridized carbons (Fsp3) is 0.458. The molecule has 4 heterocycles. The summed E-state index contributed by atoms with van der Waals surface area (Å²) in [5, 5.41) is 6.79. The van der Waals surface area contributed by atoms with Crippen molar-refractivity contribution in [3.63, 3.8) is 0 Å². The maximum Gasteiger partial charge on any atom is 0.132 e. The lowest BCUT2D eigenvalue weighted by atomic mass is 9.96. The Morgan fingerprint density at radius 2 is 1.84 bits per heavy atom. The summed E-state index contributed by atoms with van der Waals surface area (Å²) in [5.74, 6) is 2.79. The molecule has 3 aromatic heterocycles. The van der Waals surface area contributed by atoms with Gasteiger partial charge in [-0.05, 0) is 50.5 Å². The molecule has 1 aliphatic heterocycles. The minimum atomic E-state index is 0.356. The van der Waals surface area contributed by atoms with Crippen molar-refractivity contribution < 1.29 is 0 Å². The van der Waals surface area contributed by atoms with Crippen molar-refractivity contribution in [3.8, 4) is 11.4 Å². The summed E-state index contributed by atoms with van der Waals surface area (Å²) < 4.78 is 2.37. The van der Waals surface area contributed by atoms with E-state index < -0.39 is 0 Å². The normalized spacial score (nSPS) is 15.7. The summed E-state index contributed by atoms with van der Waals surface area (Å²) in [6, 6.07) is 8.80. The molecule has 0 bridgehead atoms. The van der Waals surface area contributed by atoms with Crippen LogP contribution in [0.3, 0.4) is 0 Å². The zero-order chi connectivity index (χ0) is 21.4. The van der Waals surface area contributed by atoms with E-state index in [0.29, 0.717) is 6.04 Å². The quantitative estimate of drug-likeness (QED) is 0.659. The van der Waals surface area contributed by atoms with Crippen molar-refractivity contribution in [1.29, 1.82) is 0 Å². The van der Waals surface area contributed by atoms with Gasteiger partial charge in [-0.1, -0.05) is 13.0 Å². The van der Waals surface area contributed by atoms with Crippen molar-refractivity contribution in [2.45, 2.75) is 46.1 Å². The Morgan fingerprint density at radius 1 is 1.03 bits per heavy atom. The number of rotatable bonds is 5. The molecule has 0 spiro atoms. The Hall–Kier alpha value is -2.93. The molecule has 0 amide bonds. The predicted molar refractivity (Wildman–Crippen MR) is 125 cm³/mol. The highest BCUT2D eigenvalue weighted by atomic mass is 15.2. The number of nitrogens with zero attached hydrogens (tertiary/aromatic N) is 5. The Labute approximate surface area is 183 Å². The molecule has 2 aliphatic rings. The SMILES string of the molecule is CCc1nc2c(n1C(C)C)-c1nc(Nc3ccc(N4CCNCC4)cn3)ccc1CC2. The topological polar surface area (TPSA) is 70.9 Å². The van der Waals surface area contributed by atoms with E-state index in [2.05, 4.69) is 64.1 Å². The molecular weight excluding hydrogens is 386 g/mol. The molecule has 0 radical (unpaired) electrons. The van der Waals surface area contributed by atoms with E-state index in [1.165, 1.54) is 22.6 Å². The van der Waals surface area contributed by atoms with E-state index in [0.717, 1.165) is 68.6 Å². The van der Waals surface area contributed by atoms with Gasteiger partial charge >= 0.3 is 0 Å². The van der Waals surface area contributed by atoms with Gasteiger partial charge in [0.05, 0.1) is 29.0 Å². The van der Waals surface area contributed by atoms with Gasteiger partial charge in [0.2, 0.25) is 0 Å². The van der Waals surface area contributed by atoms with Crippen LogP contribution < -0.4 is 15.5 Å². The van der Waals surface area contributed by atoms with E-state index in [4.69, 9.17) is 9.97 Å². The van der Waals surface area contributed by atoms with Crippen molar-refractivity contribution in [2.75, 3.05) is 36.4 Å². The molecular formula is C24H31N7. The molecule has 7 heteroatoms. The molecule has 0 aromatic carbocycles. The van der Waals surface area contributed by atoms with Crippen LogP contribution in [0.15, 0.2) is 30.5 Å². The minimum absolute atomic E-state index is 0.356. The highest BCUT2D eigenvalue weighted by Gasteiger charge is 2.26. The molecule has 162 valence electrons. The minimum Gasteiger partial charge on any atom is -0.368 e. The average Bonchev–Trinajstić information content (AvgIpc) is 3.20. The number of piperazine rings is 1. The number of pyridine rings is 2. The van der Waals surface area contributed by atoms with Crippen LogP contribution in [0.2, 0.25) is 0 Å². The summed E-state index contributed by atoms with van der Waals surface area (Å²) in [5.41, 5.74) is 5.90. The first-order valence-corrected chi connectivity index (χ1v) is 11.4. The number of aryl methyl sites for hydroxylation is 3. The molecule has 7 nitrogen and oxygen atoms in total. The highest BCUT2D eigenvalue weighted by molar-refractivity contribution is 5.69. The Kier molecular flexibility index (Phi) is 5.36. The Morgan fingerprint density at radius 3 is 2.55 bits per heavy atom. The maximum absolute atomic E-state index is 5.02. The van der Waals surface area contributed by atoms with Crippen molar-refractivity contribution >= 4 is 17.3 Å². The van der Waals surface area contributed by atoms with Crippen LogP contribution in [-0.4, -0.2) is 45.7 Å². The van der Waals surface area contributed by atoms with Crippen LogP contribution in [0.25, 0.3) is 11.4 Å². The summed E-state index contributed by atoms with van der Waals surface area (Å²) in [6.45, 7) is 10.7. The highest BCUT2D eigenvalue weighted by Crippen LogP contribution is 2.36. The third-order valence-electron chi connectivity index (χ3n) is 6.21. The lowest BCUT2D eigenvalue weighted by Crippen LogP contribution is -2.43. The Balaban J connectivity index is 1.43. The summed E-state index contributed by atoms with van der Waals surface area (Å²) in [7, 11) is 0. The van der Waals surface area contributed by atoms with E-state index >= 15 is 0 Å². The van der Waals surface area contributed by atoms with E-state index in [1.54, 1.807) is 0 Å². The summed E-state index contributed by atoms with van der Waals surface area (Å²) in [6.07, 6.45) is 4.86. The number of nitrogens with one attached hydrogen (secondary N) is 2. The summed E-state index contributed by atoms with van der Waals surface area (Å²) in [4.78, 5) is 17.0. The first-order chi connectivity index (χ1) is 15.1. The molecule has 3 aromatic rings. The number of fused-ring (bicyclic) bond motifs is 3. The van der Waals surface area contributed by atoms with Crippen molar-refractivity contribution in [3.05, 3.63) is 47.5 Å². The zero-order valence-electron chi connectivity index (χ0n) is 18.6. The van der Waals surface area contributed by atoms with Gasteiger partial charge in [-0.25, -0.2) is 15.0 Å². The van der Waals surface area contributed by atoms with Crippen LogP contribution in [0.5, 0.6) is 0 Å². The van der Waals surface area contributed by atoms with E-state index in [-0.39, 0.29) is 0 Å². The second kappa shape index (κ2) is 8.30. The van der Waals surface area contributed by atoms with Gasteiger partial charge in [-0.2, -0.15) is 0 Å². The molecule has 2 N–H and O–H groups in total. The maximum atomic E-state index is 5.02. The van der Waals surface area contributed by atoms with Crippen LogP contribution in [0, 0.1) is 0 Å². The second-order valence-corrected chi connectivity index (χ2v) is 8.61. The molecule has 5 rings (SSSR count). The third kappa shape index (κ3) is 3.78. The number of hydrogen-bond donors (Lipinski definition) is 2. The standard InChI is InChI=1S/C24H31N7/c1-4-22-27-19-8-5-17-6-9-21(29-23(17)24(19)31(22)16(2)3)28-20-10-7-18(15-26-20)30-13-11-25-12-14-30/h6-7,9-10,15-16,25H,4-5,8,11-14H2,1-3H3,(H,26,28,29). The van der Waals surface area contributed by atoms with Crippen molar-refractivity contribution in [1.82, 2.24) is 24.8 Å². The largest absolute Gasteiger partial charge is 0.368 e. The summed E-state index contributed by atoms with van der Waals surface area (Å²) >= 11 is 0. The molecule has 0 atom stereocenters. The van der Waals surface area contributed by atoms with Gasteiger partial charge in [0, 0.05) is 38.6 Å². The first-order valence-electron chi connectivity index (χ1n) is 11.4. The van der Waals surface area contributed by atoms with Gasteiger partial charge in [0.1, 0.15) is 17.5 Å². The molecule has 0 saturated carbocycles. The second-order valence-electron chi connectivity index (χ2n) is 8.61.